The number of carbonyl (C=O) groups excluding carboxylic acids is 2. The van der Waals surface area contributed by atoms with Crippen LogP contribution in [-0.4, -0.2) is 36.3 Å². The van der Waals surface area contributed by atoms with E-state index in [1.807, 2.05) is 0 Å². The van der Waals surface area contributed by atoms with E-state index in [0.717, 1.165) is 0 Å². The lowest BCUT2D eigenvalue weighted by molar-refractivity contribution is 0.101. The molecule has 1 heterocycles. The molecule has 0 saturated heterocycles. The van der Waals surface area contributed by atoms with E-state index in [1.165, 1.54) is 14.2 Å². The van der Waals surface area contributed by atoms with E-state index in [-0.39, 0.29) is 11.6 Å². The van der Waals surface area contributed by atoms with Gasteiger partial charge in [0.2, 0.25) is 11.6 Å². The first kappa shape index (κ1) is 20.8. The van der Waals surface area contributed by atoms with E-state index < -0.39 is 11.8 Å². The monoisotopic (exact) mass is 524 g/mol. The second kappa shape index (κ2) is 9.05. The fraction of sp³-hybridized carbons (Fsp3) is 0.111. The van der Waals surface area contributed by atoms with Gasteiger partial charge in [-0.15, -0.1) is 0 Å². The highest BCUT2D eigenvalue weighted by molar-refractivity contribution is 9.10. The van der Waals surface area contributed by atoms with Gasteiger partial charge >= 0.3 is 0 Å². The van der Waals surface area contributed by atoms with Crippen molar-refractivity contribution in [2.24, 2.45) is 0 Å². The van der Waals surface area contributed by atoms with Crippen LogP contribution in [0.25, 0.3) is 0 Å². The van der Waals surface area contributed by atoms with Crippen LogP contribution in [0.15, 0.2) is 50.0 Å². The van der Waals surface area contributed by atoms with Crippen molar-refractivity contribution in [1.29, 1.82) is 0 Å². The lowest BCUT2D eigenvalue weighted by atomic mass is 10.2. The van der Waals surface area contributed by atoms with Crippen LogP contribution in [0.4, 0.5) is 11.6 Å². The first-order valence-corrected chi connectivity index (χ1v) is 9.64. The summed E-state index contributed by atoms with van der Waals surface area (Å²) in [5.41, 5.74) is 0.689. The number of amides is 2. The number of rotatable bonds is 6. The zero-order valence-corrected chi connectivity index (χ0v) is 18.3. The van der Waals surface area contributed by atoms with Crippen LogP contribution < -0.4 is 20.1 Å². The number of anilines is 2. The highest BCUT2D eigenvalue weighted by atomic mass is 79.9. The predicted molar refractivity (Wildman–Crippen MR) is 112 cm³/mol. The zero-order valence-electron chi connectivity index (χ0n) is 15.2. The van der Waals surface area contributed by atoms with Gasteiger partial charge in [0.15, 0.2) is 0 Å². The molecule has 2 aromatic carbocycles. The molecule has 2 amide bonds. The number of benzene rings is 2. The Hall–Kier alpha value is -2.92. The van der Waals surface area contributed by atoms with Gasteiger partial charge in [0.1, 0.15) is 11.5 Å². The summed E-state index contributed by atoms with van der Waals surface area (Å²) in [5.74, 6) is 0.190. The number of hydrogen-bond acceptors (Lipinski definition) is 7. The minimum atomic E-state index is -0.466. The number of ether oxygens (including phenoxy) is 2. The third kappa shape index (κ3) is 4.74. The molecule has 0 aliphatic rings. The molecule has 0 aliphatic carbocycles. The molecule has 2 N–H and O–H groups in total. The second-order valence-corrected chi connectivity index (χ2v) is 7.28. The van der Waals surface area contributed by atoms with Crippen molar-refractivity contribution in [2.45, 2.75) is 0 Å². The maximum atomic E-state index is 12.5. The Labute approximate surface area is 182 Å². The molecule has 0 spiro atoms. The standard InChI is InChI=1S/C18H14Br2N4O5/c1-27-13-5-3-9(7-11(13)19)17(25)21-15-16(24-29-23-15)22-18(26)10-4-6-14(28-2)12(20)8-10/h3-8H,1-2H3,(H,21,23,25)(H,22,24,26). The SMILES string of the molecule is COc1ccc(C(=O)Nc2nonc2NC(=O)c2ccc(OC)c(Br)c2)cc1Br. The number of nitrogens with zero attached hydrogens (tertiary/aromatic N) is 2. The number of hydrogen-bond donors (Lipinski definition) is 2. The third-order valence-corrected chi connectivity index (χ3v) is 5.02. The molecule has 0 atom stereocenters. The van der Waals surface area contributed by atoms with Gasteiger partial charge in [-0.3, -0.25) is 9.59 Å². The Bertz CT molecular complexity index is 988. The van der Waals surface area contributed by atoms with Crippen LogP contribution in [0.5, 0.6) is 11.5 Å². The molecule has 150 valence electrons. The van der Waals surface area contributed by atoms with Gasteiger partial charge in [-0.1, -0.05) is 0 Å². The Morgan fingerprint density at radius 3 is 1.59 bits per heavy atom. The summed E-state index contributed by atoms with van der Waals surface area (Å²) in [4.78, 5) is 24.9. The lowest BCUT2D eigenvalue weighted by Gasteiger charge is -2.08. The van der Waals surface area contributed by atoms with Crippen LogP contribution in [0, 0.1) is 0 Å². The molecule has 11 heteroatoms. The van der Waals surface area contributed by atoms with Gasteiger partial charge in [0.25, 0.3) is 11.8 Å². The Morgan fingerprint density at radius 1 is 0.828 bits per heavy atom. The highest BCUT2D eigenvalue weighted by Gasteiger charge is 2.18. The Morgan fingerprint density at radius 2 is 1.24 bits per heavy atom. The second-order valence-electron chi connectivity index (χ2n) is 5.57. The molecule has 0 radical (unpaired) electrons. The Kier molecular flexibility index (Phi) is 6.49. The van der Waals surface area contributed by atoms with Gasteiger partial charge in [-0.05, 0) is 78.6 Å². The van der Waals surface area contributed by atoms with Crippen LogP contribution in [0.3, 0.4) is 0 Å². The molecule has 0 aliphatic heterocycles. The summed E-state index contributed by atoms with van der Waals surface area (Å²) in [6, 6.07) is 9.64. The first-order valence-electron chi connectivity index (χ1n) is 8.05. The van der Waals surface area contributed by atoms with E-state index in [0.29, 0.717) is 31.6 Å². The maximum absolute atomic E-state index is 12.5. The minimum absolute atomic E-state index is 0.0251. The van der Waals surface area contributed by atoms with Gasteiger partial charge in [0.05, 0.1) is 23.2 Å². The number of halogens is 2. The van der Waals surface area contributed by atoms with Crippen molar-refractivity contribution in [3.05, 3.63) is 56.5 Å². The van der Waals surface area contributed by atoms with E-state index in [9.17, 15) is 9.59 Å². The van der Waals surface area contributed by atoms with E-state index in [1.54, 1.807) is 36.4 Å². The topological polar surface area (TPSA) is 116 Å². The highest BCUT2D eigenvalue weighted by Crippen LogP contribution is 2.27. The van der Waals surface area contributed by atoms with Crippen molar-refractivity contribution in [3.8, 4) is 11.5 Å². The van der Waals surface area contributed by atoms with Crippen LogP contribution >= 0.6 is 31.9 Å². The molecule has 0 fully saturated rings. The molecule has 3 aromatic rings. The van der Waals surface area contributed by atoms with Crippen molar-refractivity contribution in [3.63, 3.8) is 0 Å². The summed E-state index contributed by atoms with van der Waals surface area (Å²) >= 11 is 6.64. The van der Waals surface area contributed by atoms with Crippen LogP contribution in [-0.2, 0) is 0 Å². The van der Waals surface area contributed by atoms with E-state index in [2.05, 4.69) is 57.4 Å². The van der Waals surface area contributed by atoms with Crippen molar-refractivity contribution < 1.29 is 23.7 Å². The third-order valence-electron chi connectivity index (χ3n) is 3.78. The summed E-state index contributed by atoms with van der Waals surface area (Å²) in [5, 5.41) is 12.4. The molecule has 3 rings (SSSR count). The summed E-state index contributed by atoms with van der Waals surface area (Å²) in [6.45, 7) is 0. The van der Waals surface area contributed by atoms with Crippen molar-refractivity contribution >= 4 is 55.3 Å². The molecule has 0 unspecified atom stereocenters. The molecular weight excluding hydrogens is 512 g/mol. The Balaban J connectivity index is 1.74. The van der Waals surface area contributed by atoms with Crippen LogP contribution in [0.1, 0.15) is 20.7 Å². The molecule has 0 bridgehead atoms. The van der Waals surface area contributed by atoms with Gasteiger partial charge < -0.3 is 20.1 Å². The number of carbonyl (C=O) groups is 2. The average molecular weight is 526 g/mol. The predicted octanol–water partition coefficient (Wildman–Crippen LogP) is 4.12. The number of methoxy groups -OCH3 is 2. The largest absolute Gasteiger partial charge is 0.496 e. The number of aromatic nitrogens is 2. The zero-order chi connectivity index (χ0) is 21.0. The minimum Gasteiger partial charge on any atom is -0.496 e. The fourth-order valence-corrected chi connectivity index (χ4v) is 3.41. The fourth-order valence-electron chi connectivity index (χ4n) is 2.33. The maximum Gasteiger partial charge on any atom is 0.257 e. The summed E-state index contributed by atoms with van der Waals surface area (Å²) < 4.78 is 16.2. The van der Waals surface area contributed by atoms with Crippen LogP contribution in [0.2, 0.25) is 0 Å². The average Bonchev–Trinajstić information content (AvgIpc) is 3.14. The van der Waals surface area contributed by atoms with E-state index in [4.69, 9.17) is 9.47 Å². The normalized spacial score (nSPS) is 10.3. The van der Waals surface area contributed by atoms with Gasteiger partial charge in [-0.25, -0.2) is 4.63 Å². The smallest absolute Gasteiger partial charge is 0.257 e. The summed E-state index contributed by atoms with van der Waals surface area (Å²) in [7, 11) is 3.05. The molecular formula is C18H14Br2N4O5. The van der Waals surface area contributed by atoms with Crippen molar-refractivity contribution in [2.75, 3.05) is 24.9 Å². The number of nitrogens with one attached hydrogen (secondary N) is 2. The summed E-state index contributed by atoms with van der Waals surface area (Å²) in [6.07, 6.45) is 0. The first-order chi connectivity index (χ1) is 13.9. The van der Waals surface area contributed by atoms with Gasteiger partial charge in [-0.2, -0.15) is 0 Å². The quantitative estimate of drug-likeness (QED) is 0.497. The van der Waals surface area contributed by atoms with Gasteiger partial charge in [0, 0.05) is 11.1 Å². The van der Waals surface area contributed by atoms with Crippen molar-refractivity contribution in [1.82, 2.24) is 10.3 Å². The molecule has 29 heavy (non-hydrogen) atoms. The molecule has 9 nitrogen and oxygen atoms in total. The molecule has 1 aromatic heterocycles. The van der Waals surface area contributed by atoms with E-state index >= 15 is 0 Å². The lowest BCUT2D eigenvalue weighted by Crippen LogP contribution is -2.17. The molecule has 0 saturated carbocycles.